The van der Waals surface area contributed by atoms with Crippen molar-refractivity contribution in [2.45, 2.75) is 3.92 Å². The molecule has 1 aliphatic carbocycles. The number of nitrogens with zero attached hydrogens (tertiary/aromatic N) is 1. The lowest BCUT2D eigenvalue weighted by Gasteiger charge is -2.14. The highest BCUT2D eigenvalue weighted by atomic mass is 127. The minimum absolute atomic E-state index is 0.0368. The molecule has 104 valence electrons. The van der Waals surface area contributed by atoms with E-state index in [1.54, 1.807) is 11.6 Å². The van der Waals surface area contributed by atoms with Gasteiger partial charge in [-0.2, -0.15) is 0 Å². The third-order valence-electron chi connectivity index (χ3n) is 3.68. The van der Waals surface area contributed by atoms with E-state index in [4.69, 9.17) is 0 Å². The van der Waals surface area contributed by atoms with E-state index in [0.29, 0.717) is 11.3 Å². The topological polar surface area (TPSA) is 12.9 Å². The van der Waals surface area contributed by atoms with Crippen LogP contribution in [0.3, 0.4) is 0 Å². The highest BCUT2D eigenvalue weighted by molar-refractivity contribution is 14.1. The summed E-state index contributed by atoms with van der Waals surface area (Å²) in [6.45, 7) is 0. The number of fused-ring (bicyclic) bond motifs is 5. The first-order valence-electron chi connectivity index (χ1n) is 6.33. The summed E-state index contributed by atoms with van der Waals surface area (Å²) in [6.07, 6.45) is 0. The van der Waals surface area contributed by atoms with Crippen LogP contribution in [0.5, 0.6) is 0 Å². The van der Waals surface area contributed by atoms with Crippen molar-refractivity contribution in [2.75, 3.05) is 0 Å². The van der Waals surface area contributed by atoms with Crippen molar-refractivity contribution >= 4 is 33.9 Å². The molecule has 1 aromatic heterocycles. The molecular weight excluding hydrogens is 403 g/mol. The molecule has 0 fully saturated rings. The average molecular weight is 411 g/mol. The predicted molar refractivity (Wildman–Crippen MR) is 88.8 cm³/mol. The SMILES string of the molecule is Fc1ccc2c(c1F)-c1ncsc1-c1ccccc1C2I. The highest BCUT2D eigenvalue weighted by Gasteiger charge is 2.30. The molecule has 0 N–H and O–H groups in total. The lowest BCUT2D eigenvalue weighted by molar-refractivity contribution is 0.510. The van der Waals surface area contributed by atoms with E-state index in [1.165, 1.54) is 17.4 Å². The van der Waals surface area contributed by atoms with Gasteiger partial charge in [-0.25, -0.2) is 13.8 Å². The van der Waals surface area contributed by atoms with Crippen LogP contribution in [0.1, 0.15) is 15.1 Å². The van der Waals surface area contributed by atoms with Gasteiger partial charge < -0.3 is 0 Å². The van der Waals surface area contributed by atoms with Gasteiger partial charge in [0.2, 0.25) is 0 Å². The van der Waals surface area contributed by atoms with Crippen LogP contribution in [0.25, 0.3) is 21.7 Å². The maximum Gasteiger partial charge on any atom is 0.168 e. The van der Waals surface area contributed by atoms with E-state index >= 15 is 0 Å². The smallest absolute Gasteiger partial charge is 0.168 e. The number of halogens is 3. The molecule has 0 bridgehead atoms. The van der Waals surface area contributed by atoms with Crippen LogP contribution in [0.4, 0.5) is 8.78 Å². The minimum atomic E-state index is -0.831. The van der Waals surface area contributed by atoms with Gasteiger partial charge in [0.25, 0.3) is 0 Å². The van der Waals surface area contributed by atoms with Gasteiger partial charge in [-0.1, -0.05) is 52.9 Å². The number of hydrogen-bond acceptors (Lipinski definition) is 2. The van der Waals surface area contributed by atoms with Gasteiger partial charge in [0.15, 0.2) is 11.6 Å². The molecule has 21 heavy (non-hydrogen) atoms. The fourth-order valence-corrected chi connectivity index (χ4v) is 4.63. The third-order valence-corrected chi connectivity index (χ3v) is 5.88. The molecule has 1 unspecified atom stereocenters. The number of alkyl halides is 1. The van der Waals surface area contributed by atoms with Crippen LogP contribution >= 0.6 is 33.9 Å². The molecular formula is C16H8F2INS. The Morgan fingerprint density at radius 3 is 2.71 bits per heavy atom. The fourth-order valence-electron chi connectivity index (χ4n) is 2.73. The fraction of sp³-hybridized carbons (Fsp3) is 0.0625. The molecule has 0 amide bonds. The molecule has 1 atom stereocenters. The van der Waals surface area contributed by atoms with Crippen molar-refractivity contribution in [1.82, 2.24) is 4.98 Å². The minimum Gasteiger partial charge on any atom is -0.244 e. The average Bonchev–Trinajstić information content (AvgIpc) is 2.94. The Hall–Kier alpha value is -1.34. The van der Waals surface area contributed by atoms with Gasteiger partial charge in [0.05, 0.1) is 20.0 Å². The Morgan fingerprint density at radius 1 is 1.05 bits per heavy atom. The van der Waals surface area contributed by atoms with Crippen molar-refractivity contribution < 1.29 is 8.78 Å². The standard InChI is InChI=1S/C16H8F2INS/c17-11-6-5-10-12(13(11)18)15-16(21-7-20-15)9-4-2-1-3-8(9)14(10)19/h1-7,14H. The second-order valence-electron chi connectivity index (χ2n) is 4.81. The summed E-state index contributed by atoms with van der Waals surface area (Å²) in [6, 6.07) is 10.8. The maximum absolute atomic E-state index is 14.4. The van der Waals surface area contributed by atoms with Crippen LogP contribution in [0.15, 0.2) is 41.9 Å². The van der Waals surface area contributed by atoms with Crippen molar-refractivity contribution in [3.8, 4) is 21.7 Å². The van der Waals surface area contributed by atoms with Crippen LogP contribution < -0.4 is 0 Å². The van der Waals surface area contributed by atoms with Gasteiger partial charge in [-0.3, -0.25) is 0 Å². The van der Waals surface area contributed by atoms with E-state index < -0.39 is 11.6 Å². The lowest BCUT2D eigenvalue weighted by Crippen LogP contribution is -1.99. The van der Waals surface area contributed by atoms with Crippen molar-refractivity contribution in [3.63, 3.8) is 0 Å². The normalized spacial score (nSPS) is 15.9. The molecule has 4 rings (SSSR count). The van der Waals surface area contributed by atoms with Gasteiger partial charge in [0, 0.05) is 5.56 Å². The van der Waals surface area contributed by atoms with Crippen LogP contribution in [0, 0.1) is 11.6 Å². The first kappa shape index (κ1) is 13.3. The van der Waals surface area contributed by atoms with Crippen LogP contribution in [-0.2, 0) is 0 Å². The molecule has 0 radical (unpaired) electrons. The Balaban J connectivity index is 2.17. The van der Waals surface area contributed by atoms with Crippen molar-refractivity contribution in [1.29, 1.82) is 0 Å². The van der Waals surface area contributed by atoms with Crippen molar-refractivity contribution in [3.05, 3.63) is 64.7 Å². The molecule has 5 heteroatoms. The van der Waals surface area contributed by atoms with Gasteiger partial charge in [-0.15, -0.1) is 11.3 Å². The van der Waals surface area contributed by atoms with E-state index in [2.05, 4.69) is 27.6 Å². The van der Waals surface area contributed by atoms with Crippen LogP contribution in [-0.4, -0.2) is 4.98 Å². The molecule has 2 aromatic carbocycles. The molecule has 0 saturated carbocycles. The monoisotopic (exact) mass is 411 g/mol. The Labute approximate surface area is 137 Å². The van der Waals surface area contributed by atoms with Crippen molar-refractivity contribution in [2.24, 2.45) is 0 Å². The summed E-state index contributed by atoms with van der Waals surface area (Å²) < 4.78 is 28.1. The van der Waals surface area contributed by atoms with E-state index in [-0.39, 0.29) is 3.92 Å². The van der Waals surface area contributed by atoms with Gasteiger partial charge >= 0.3 is 0 Å². The number of hydrogen-bond donors (Lipinski definition) is 0. The molecule has 0 aliphatic heterocycles. The quantitative estimate of drug-likeness (QED) is 0.347. The summed E-state index contributed by atoms with van der Waals surface area (Å²) in [5.74, 6) is -1.64. The zero-order valence-corrected chi connectivity index (χ0v) is 13.6. The summed E-state index contributed by atoms with van der Waals surface area (Å²) in [5.41, 5.74) is 5.44. The summed E-state index contributed by atoms with van der Waals surface area (Å²) in [4.78, 5) is 5.20. The predicted octanol–water partition coefficient (Wildman–Crippen LogP) is 5.59. The third kappa shape index (κ3) is 1.87. The summed E-state index contributed by atoms with van der Waals surface area (Å²) in [7, 11) is 0. The molecule has 0 spiro atoms. The molecule has 1 aliphatic rings. The molecule has 1 heterocycles. The van der Waals surface area contributed by atoms with E-state index in [1.807, 2.05) is 24.3 Å². The number of thiazole rings is 1. The second-order valence-corrected chi connectivity index (χ2v) is 6.91. The van der Waals surface area contributed by atoms with Gasteiger partial charge in [-0.05, 0) is 22.8 Å². The Kier molecular flexibility index (Phi) is 3.08. The number of aromatic nitrogens is 1. The van der Waals surface area contributed by atoms with Gasteiger partial charge in [0.1, 0.15) is 0 Å². The van der Waals surface area contributed by atoms with E-state index in [0.717, 1.165) is 21.6 Å². The lowest BCUT2D eigenvalue weighted by atomic mass is 9.99. The Bertz CT molecular complexity index is 859. The maximum atomic E-state index is 14.4. The van der Waals surface area contributed by atoms with E-state index in [9.17, 15) is 8.78 Å². The summed E-state index contributed by atoms with van der Waals surface area (Å²) in [5, 5.41) is 0. The Morgan fingerprint density at radius 2 is 1.86 bits per heavy atom. The first-order valence-corrected chi connectivity index (χ1v) is 8.46. The zero-order chi connectivity index (χ0) is 14.6. The number of benzene rings is 2. The molecule has 3 aromatic rings. The summed E-state index contributed by atoms with van der Waals surface area (Å²) >= 11 is 3.73. The molecule has 1 nitrogen and oxygen atoms in total. The highest BCUT2D eigenvalue weighted by Crippen LogP contribution is 2.49. The van der Waals surface area contributed by atoms with Crippen LogP contribution in [0.2, 0.25) is 0 Å². The zero-order valence-electron chi connectivity index (χ0n) is 10.6. The number of rotatable bonds is 0. The molecule has 0 saturated heterocycles. The first-order chi connectivity index (χ1) is 10.2. The largest absolute Gasteiger partial charge is 0.244 e. The second kappa shape index (κ2) is 4.84.